The zero-order valence-electron chi connectivity index (χ0n) is 7.23. The van der Waals surface area contributed by atoms with Crippen molar-refractivity contribution >= 4 is 46.2 Å². The van der Waals surface area contributed by atoms with E-state index in [4.69, 9.17) is 11.6 Å². The third kappa shape index (κ3) is 3.64. The lowest BCUT2D eigenvalue weighted by Gasteiger charge is -1.95. The van der Waals surface area contributed by atoms with Gasteiger partial charge in [-0.1, -0.05) is 0 Å². The molecule has 0 fully saturated rings. The van der Waals surface area contributed by atoms with Gasteiger partial charge in [-0.2, -0.15) is 4.98 Å². The molecule has 80 valence electrons. The Kier molecular flexibility index (Phi) is 4.19. The number of halogens is 1. The van der Waals surface area contributed by atoms with Gasteiger partial charge in [0.15, 0.2) is 5.13 Å². The fourth-order valence-electron chi connectivity index (χ4n) is 0.643. The van der Waals surface area contributed by atoms with E-state index >= 15 is 0 Å². The molecule has 0 atom stereocenters. The normalized spacial score (nSPS) is 9.40. The lowest BCUT2D eigenvalue weighted by atomic mass is 10.7. The fourth-order valence-corrected chi connectivity index (χ4v) is 1.34. The molecular formula is C7H5ClN2O4S. The predicted molar refractivity (Wildman–Crippen MR) is 53.2 cm³/mol. The molecule has 0 aliphatic heterocycles. The van der Waals surface area contributed by atoms with Crippen LogP contribution in [0, 0.1) is 0 Å². The molecule has 1 aromatic rings. The van der Waals surface area contributed by atoms with Crippen LogP contribution in [0.15, 0.2) is 5.38 Å². The lowest BCUT2D eigenvalue weighted by Crippen LogP contribution is -2.12. The molecule has 1 aromatic heterocycles. The standard InChI is InChI=1S/C7H5ClN2O4S/c8-1-4(12)9-7-10-5(3-15-7)14-6(13)2-11/h2-3H,1H2,(H,9,10,12). The first-order valence-electron chi connectivity index (χ1n) is 3.64. The van der Waals surface area contributed by atoms with Crippen LogP contribution in [0.5, 0.6) is 5.88 Å². The number of aromatic nitrogens is 1. The largest absolute Gasteiger partial charge is 0.401 e. The second kappa shape index (κ2) is 5.42. The van der Waals surface area contributed by atoms with E-state index in [-0.39, 0.29) is 23.2 Å². The summed E-state index contributed by atoms with van der Waals surface area (Å²) in [4.78, 5) is 35.0. The number of thiazole rings is 1. The lowest BCUT2D eigenvalue weighted by molar-refractivity contribution is -0.141. The molecule has 0 unspecified atom stereocenters. The number of rotatable bonds is 4. The number of nitrogens with zero attached hydrogens (tertiary/aromatic N) is 1. The van der Waals surface area contributed by atoms with Gasteiger partial charge < -0.3 is 10.1 Å². The van der Waals surface area contributed by atoms with Crippen molar-refractivity contribution < 1.29 is 19.1 Å². The van der Waals surface area contributed by atoms with Crippen molar-refractivity contribution in [2.45, 2.75) is 0 Å². The molecule has 0 saturated carbocycles. The first-order valence-corrected chi connectivity index (χ1v) is 5.05. The molecule has 0 bridgehead atoms. The second-order valence-corrected chi connectivity index (χ2v) is 3.34. The van der Waals surface area contributed by atoms with Crippen LogP contribution in [0.25, 0.3) is 0 Å². The van der Waals surface area contributed by atoms with Gasteiger partial charge >= 0.3 is 5.97 Å². The van der Waals surface area contributed by atoms with Crippen LogP contribution in [0.2, 0.25) is 0 Å². The van der Waals surface area contributed by atoms with Gasteiger partial charge in [0.1, 0.15) is 5.88 Å². The van der Waals surface area contributed by atoms with E-state index in [0.29, 0.717) is 0 Å². The van der Waals surface area contributed by atoms with Crippen LogP contribution in [-0.4, -0.2) is 29.0 Å². The minimum Gasteiger partial charge on any atom is -0.401 e. The number of carbonyl (C=O) groups is 3. The number of nitrogens with one attached hydrogen (secondary N) is 1. The Morgan fingerprint density at radius 2 is 2.40 bits per heavy atom. The van der Waals surface area contributed by atoms with Crippen molar-refractivity contribution in [1.82, 2.24) is 4.98 Å². The number of alkyl halides is 1. The summed E-state index contributed by atoms with van der Waals surface area (Å²) in [7, 11) is 0. The number of hydrogen-bond acceptors (Lipinski definition) is 6. The zero-order chi connectivity index (χ0) is 11.3. The number of ether oxygens (including phenoxy) is 1. The molecule has 0 aliphatic carbocycles. The van der Waals surface area contributed by atoms with E-state index in [2.05, 4.69) is 15.0 Å². The van der Waals surface area contributed by atoms with Crippen molar-refractivity contribution in [2.75, 3.05) is 11.2 Å². The number of esters is 1. The number of hydrogen-bond donors (Lipinski definition) is 1. The molecule has 0 radical (unpaired) electrons. The van der Waals surface area contributed by atoms with E-state index in [9.17, 15) is 14.4 Å². The minimum atomic E-state index is -1.05. The van der Waals surface area contributed by atoms with Crippen molar-refractivity contribution in [2.24, 2.45) is 0 Å². The van der Waals surface area contributed by atoms with Gasteiger partial charge in [0.25, 0.3) is 0 Å². The summed E-state index contributed by atoms with van der Waals surface area (Å²) >= 11 is 6.30. The number of anilines is 1. The van der Waals surface area contributed by atoms with E-state index in [1.165, 1.54) is 5.38 Å². The summed E-state index contributed by atoms with van der Waals surface area (Å²) in [5.41, 5.74) is 0. The average Bonchev–Trinajstić information content (AvgIpc) is 2.65. The van der Waals surface area contributed by atoms with Crippen LogP contribution in [0.3, 0.4) is 0 Å². The van der Waals surface area contributed by atoms with Gasteiger partial charge in [-0.05, 0) is 0 Å². The fraction of sp³-hybridized carbons (Fsp3) is 0.143. The Morgan fingerprint density at radius 3 is 3.00 bits per heavy atom. The summed E-state index contributed by atoms with van der Waals surface area (Å²) in [5, 5.41) is 3.99. The Labute approximate surface area is 93.2 Å². The van der Waals surface area contributed by atoms with E-state index in [0.717, 1.165) is 11.3 Å². The first-order chi connectivity index (χ1) is 7.15. The molecule has 1 amide bonds. The van der Waals surface area contributed by atoms with Gasteiger partial charge in [-0.3, -0.25) is 9.59 Å². The van der Waals surface area contributed by atoms with E-state index < -0.39 is 11.9 Å². The van der Waals surface area contributed by atoms with E-state index in [1.807, 2.05) is 0 Å². The summed E-state index contributed by atoms with van der Waals surface area (Å²) in [5.74, 6) is -1.69. The second-order valence-electron chi connectivity index (χ2n) is 2.21. The van der Waals surface area contributed by atoms with Gasteiger partial charge in [0.2, 0.25) is 18.1 Å². The first kappa shape index (κ1) is 11.6. The molecule has 1 N–H and O–H groups in total. The third-order valence-corrected chi connectivity index (χ3v) is 2.13. The van der Waals surface area contributed by atoms with Crippen LogP contribution in [0.1, 0.15) is 0 Å². The maximum Gasteiger partial charge on any atom is 0.378 e. The van der Waals surface area contributed by atoms with Crippen molar-refractivity contribution in [3.05, 3.63) is 5.38 Å². The summed E-state index contributed by atoms with van der Waals surface area (Å²) in [6.45, 7) is 0. The molecule has 8 heteroatoms. The highest BCUT2D eigenvalue weighted by molar-refractivity contribution is 7.14. The van der Waals surface area contributed by atoms with Gasteiger partial charge in [0.05, 0.1) is 5.38 Å². The molecule has 0 aromatic carbocycles. The average molecular weight is 249 g/mol. The van der Waals surface area contributed by atoms with Gasteiger partial charge in [-0.15, -0.1) is 22.9 Å². The quantitative estimate of drug-likeness (QED) is 0.361. The highest BCUT2D eigenvalue weighted by Crippen LogP contribution is 2.20. The SMILES string of the molecule is O=CC(=O)Oc1csc(NC(=O)CCl)n1. The Balaban J connectivity index is 2.60. The molecule has 0 saturated heterocycles. The Hall–Kier alpha value is -1.47. The van der Waals surface area contributed by atoms with Crippen molar-refractivity contribution in [3.63, 3.8) is 0 Å². The van der Waals surface area contributed by atoms with Crippen molar-refractivity contribution in [1.29, 1.82) is 0 Å². The zero-order valence-corrected chi connectivity index (χ0v) is 8.80. The van der Waals surface area contributed by atoms with Crippen LogP contribution in [0.4, 0.5) is 5.13 Å². The number of amides is 1. The van der Waals surface area contributed by atoms with Gasteiger partial charge in [0, 0.05) is 0 Å². The molecule has 15 heavy (non-hydrogen) atoms. The smallest absolute Gasteiger partial charge is 0.378 e. The minimum absolute atomic E-state index is 0.0242. The molecular weight excluding hydrogens is 244 g/mol. The molecule has 1 heterocycles. The van der Waals surface area contributed by atoms with Crippen LogP contribution >= 0.6 is 22.9 Å². The highest BCUT2D eigenvalue weighted by atomic mass is 35.5. The van der Waals surface area contributed by atoms with E-state index in [1.54, 1.807) is 0 Å². The topological polar surface area (TPSA) is 85.4 Å². The maximum atomic E-state index is 10.8. The van der Waals surface area contributed by atoms with Crippen LogP contribution in [-0.2, 0) is 14.4 Å². The number of aldehydes is 1. The summed E-state index contributed by atoms with van der Waals surface area (Å²) in [6.07, 6.45) is 0.0242. The predicted octanol–water partition coefficient (Wildman–Crippen LogP) is 0.425. The Bertz CT molecular complexity index is 392. The monoisotopic (exact) mass is 248 g/mol. The molecule has 0 spiro atoms. The maximum absolute atomic E-state index is 10.8. The summed E-state index contributed by atoms with van der Waals surface area (Å²) in [6, 6.07) is 0. The molecule has 6 nitrogen and oxygen atoms in total. The van der Waals surface area contributed by atoms with Crippen molar-refractivity contribution in [3.8, 4) is 5.88 Å². The number of carbonyl (C=O) groups excluding carboxylic acids is 3. The Morgan fingerprint density at radius 1 is 1.67 bits per heavy atom. The van der Waals surface area contributed by atoms with Gasteiger partial charge in [-0.25, -0.2) is 4.79 Å². The molecule has 0 aliphatic rings. The third-order valence-electron chi connectivity index (χ3n) is 1.15. The molecule has 1 rings (SSSR count). The highest BCUT2D eigenvalue weighted by Gasteiger charge is 2.09. The summed E-state index contributed by atoms with van der Waals surface area (Å²) < 4.78 is 4.47. The van der Waals surface area contributed by atoms with Crippen LogP contribution < -0.4 is 10.1 Å².